The molecule has 0 amide bonds. The molecule has 1 N–H and O–H groups in total. The second kappa shape index (κ2) is 5.70. The minimum atomic E-state index is -0.804. The molecule has 0 saturated carbocycles. The van der Waals surface area contributed by atoms with E-state index in [1.165, 1.54) is 16.7 Å². The van der Waals surface area contributed by atoms with Crippen LogP contribution in [-0.4, -0.2) is 68.5 Å². The summed E-state index contributed by atoms with van der Waals surface area (Å²) in [5.74, 6) is 1.52. The molecule has 1 spiro atoms. The zero-order valence-electron chi connectivity index (χ0n) is 16.3. The molecule has 0 aromatic heterocycles. The van der Waals surface area contributed by atoms with Crippen molar-refractivity contribution < 1.29 is 24.1 Å². The van der Waals surface area contributed by atoms with E-state index in [4.69, 9.17) is 18.9 Å². The minimum absolute atomic E-state index is 0.136. The van der Waals surface area contributed by atoms with Crippen LogP contribution in [0.1, 0.15) is 24.5 Å². The second-order valence-corrected chi connectivity index (χ2v) is 8.30. The molecule has 6 heteroatoms. The molecule has 0 radical (unpaired) electrons. The third kappa shape index (κ3) is 1.94. The number of hydrogen-bond donors (Lipinski definition) is 1. The Morgan fingerprint density at radius 1 is 1.33 bits per heavy atom. The maximum absolute atomic E-state index is 11.4. The molecule has 146 valence electrons. The molecule has 1 saturated heterocycles. The Hall–Kier alpha value is -1.60. The fraction of sp³-hybridized carbons (Fsp3) is 0.619. The summed E-state index contributed by atoms with van der Waals surface area (Å²) in [4.78, 5) is 2.41. The molecule has 2 bridgehead atoms. The number of aliphatic hydroxyl groups is 1. The molecular weight excluding hydrogens is 346 g/mol. The van der Waals surface area contributed by atoms with Crippen molar-refractivity contribution in [2.45, 2.75) is 49.0 Å². The van der Waals surface area contributed by atoms with Gasteiger partial charge < -0.3 is 24.1 Å². The van der Waals surface area contributed by atoms with E-state index in [0.717, 1.165) is 30.9 Å². The summed E-state index contributed by atoms with van der Waals surface area (Å²) < 4.78 is 23.1. The van der Waals surface area contributed by atoms with Gasteiger partial charge in [-0.15, -0.1) is 0 Å². The van der Waals surface area contributed by atoms with E-state index < -0.39 is 17.8 Å². The standard InChI is InChI=1S/C21H27NO5/c1-20-19(23)16(26-11-24-3)10-13-14-9-12-5-6-15(25-4)18(27-20)17(12)21(13,20)7-8-22(14)2/h5-6,10,14,16,19,23H,7-9,11H2,1-4H3/t14-,16-,19+,20-,21-/m1/s1. The predicted octanol–water partition coefficient (Wildman–Crippen LogP) is 1.63. The van der Waals surface area contributed by atoms with Gasteiger partial charge in [0.1, 0.15) is 24.6 Å². The van der Waals surface area contributed by atoms with Crippen LogP contribution >= 0.6 is 0 Å². The van der Waals surface area contributed by atoms with Crippen LogP contribution in [0, 0.1) is 0 Å². The summed E-state index contributed by atoms with van der Waals surface area (Å²) in [7, 11) is 5.44. The van der Waals surface area contributed by atoms with Gasteiger partial charge in [-0.1, -0.05) is 12.1 Å². The van der Waals surface area contributed by atoms with E-state index >= 15 is 0 Å². The highest BCUT2D eigenvalue weighted by Crippen LogP contribution is 2.66. The quantitative estimate of drug-likeness (QED) is 0.640. The number of likely N-dealkylation sites (tertiary alicyclic amines) is 1. The molecule has 2 heterocycles. The van der Waals surface area contributed by atoms with Crippen LogP contribution in [-0.2, 0) is 21.3 Å². The molecule has 0 unspecified atom stereocenters. The van der Waals surface area contributed by atoms with Crippen LogP contribution in [0.25, 0.3) is 0 Å². The summed E-state index contributed by atoms with van der Waals surface area (Å²) in [6.07, 6.45) is 2.71. The molecule has 1 aromatic carbocycles. The SMILES string of the molecule is COCO[C@@H]1C=C2[C@H]3Cc4ccc(OC)c5c4[C@]2(CCN3C)[C@](C)(O5)[C@H]1O. The van der Waals surface area contributed by atoms with Crippen molar-refractivity contribution in [2.24, 2.45) is 0 Å². The van der Waals surface area contributed by atoms with Crippen molar-refractivity contribution >= 4 is 0 Å². The Bertz CT molecular complexity index is 823. The lowest BCUT2D eigenvalue weighted by Crippen LogP contribution is -2.70. The normalized spacial score (nSPS) is 38.9. The molecule has 6 nitrogen and oxygen atoms in total. The first-order valence-corrected chi connectivity index (χ1v) is 9.58. The minimum Gasteiger partial charge on any atom is -0.493 e. The monoisotopic (exact) mass is 373 g/mol. The maximum atomic E-state index is 11.4. The third-order valence-electron chi connectivity index (χ3n) is 7.25. The summed E-state index contributed by atoms with van der Waals surface area (Å²) in [5.41, 5.74) is 2.68. The summed E-state index contributed by atoms with van der Waals surface area (Å²) in [5, 5.41) is 11.4. The maximum Gasteiger partial charge on any atom is 0.166 e. The number of likely N-dealkylation sites (N-methyl/N-ethyl adjacent to an activating group) is 1. The number of nitrogens with zero attached hydrogens (tertiary/aromatic N) is 1. The van der Waals surface area contributed by atoms with Gasteiger partial charge in [0.05, 0.1) is 12.5 Å². The Balaban J connectivity index is 1.77. The van der Waals surface area contributed by atoms with Gasteiger partial charge in [-0.3, -0.25) is 4.90 Å². The van der Waals surface area contributed by atoms with E-state index in [2.05, 4.69) is 24.1 Å². The topological polar surface area (TPSA) is 60.4 Å². The van der Waals surface area contributed by atoms with Gasteiger partial charge >= 0.3 is 0 Å². The molecule has 27 heavy (non-hydrogen) atoms. The average molecular weight is 373 g/mol. The van der Waals surface area contributed by atoms with Gasteiger partial charge in [0.2, 0.25) is 0 Å². The van der Waals surface area contributed by atoms with Crippen LogP contribution in [0.3, 0.4) is 0 Å². The van der Waals surface area contributed by atoms with Crippen molar-refractivity contribution in [1.82, 2.24) is 4.90 Å². The molecule has 2 aliphatic heterocycles. The van der Waals surface area contributed by atoms with E-state index in [9.17, 15) is 5.11 Å². The Morgan fingerprint density at radius 3 is 2.89 bits per heavy atom. The van der Waals surface area contributed by atoms with E-state index in [-0.39, 0.29) is 18.2 Å². The summed E-state index contributed by atoms with van der Waals surface area (Å²) in [6.45, 7) is 3.13. The lowest BCUT2D eigenvalue weighted by molar-refractivity contribution is -0.165. The smallest absolute Gasteiger partial charge is 0.166 e. The lowest BCUT2D eigenvalue weighted by atomic mass is 9.51. The van der Waals surface area contributed by atoms with E-state index in [1.807, 2.05) is 13.0 Å². The zero-order valence-corrected chi connectivity index (χ0v) is 16.3. The molecular formula is C21H27NO5. The average Bonchev–Trinajstić information content (AvgIpc) is 2.94. The summed E-state index contributed by atoms with van der Waals surface area (Å²) in [6, 6.07) is 4.44. The first-order valence-electron chi connectivity index (χ1n) is 9.58. The number of rotatable bonds is 4. The van der Waals surface area contributed by atoms with Gasteiger partial charge in [-0.05, 0) is 50.6 Å². The van der Waals surface area contributed by atoms with Gasteiger partial charge in [0.25, 0.3) is 0 Å². The first kappa shape index (κ1) is 17.5. The molecule has 4 aliphatic rings. The number of aliphatic hydroxyl groups excluding tert-OH is 1. The van der Waals surface area contributed by atoms with Crippen molar-refractivity contribution in [2.75, 3.05) is 34.6 Å². The van der Waals surface area contributed by atoms with Crippen molar-refractivity contribution in [1.29, 1.82) is 0 Å². The van der Waals surface area contributed by atoms with E-state index in [1.54, 1.807) is 14.2 Å². The van der Waals surface area contributed by atoms with Crippen LogP contribution in [0.4, 0.5) is 0 Å². The highest BCUT2D eigenvalue weighted by Gasteiger charge is 2.70. The molecule has 1 aromatic rings. The number of ether oxygens (including phenoxy) is 4. The molecule has 2 aliphatic carbocycles. The van der Waals surface area contributed by atoms with Crippen LogP contribution in [0.5, 0.6) is 11.5 Å². The fourth-order valence-corrected chi connectivity index (χ4v) is 5.93. The summed E-state index contributed by atoms with van der Waals surface area (Å²) >= 11 is 0. The largest absolute Gasteiger partial charge is 0.493 e. The Kier molecular flexibility index (Phi) is 3.70. The highest BCUT2D eigenvalue weighted by atomic mass is 16.7. The van der Waals surface area contributed by atoms with E-state index in [0.29, 0.717) is 0 Å². The molecule has 5 atom stereocenters. The number of benzene rings is 1. The second-order valence-electron chi connectivity index (χ2n) is 8.30. The molecule has 1 fully saturated rings. The molecule has 5 rings (SSSR count). The van der Waals surface area contributed by atoms with Gasteiger partial charge in [-0.25, -0.2) is 0 Å². The van der Waals surface area contributed by atoms with Crippen molar-refractivity contribution in [3.8, 4) is 11.5 Å². The predicted molar refractivity (Wildman–Crippen MR) is 99.3 cm³/mol. The Morgan fingerprint density at radius 2 is 2.15 bits per heavy atom. The van der Waals surface area contributed by atoms with Gasteiger partial charge in [0.15, 0.2) is 11.5 Å². The Labute approximate surface area is 159 Å². The number of hydrogen-bond acceptors (Lipinski definition) is 6. The fourth-order valence-electron chi connectivity index (χ4n) is 5.93. The van der Waals surface area contributed by atoms with Crippen LogP contribution in [0.15, 0.2) is 23.8 Å². The third-order valence-corrected chi connectivity index (χ3v) is 7.25. The first-order chi connectivity index (χ1) is 13.0. The number of methoxy groups -OCH3 is 2. The van der Waals surface area contributed by atoms with Gasteiger partial charge in [-0.2, -0.15) is 0 Å². The van der Waals surface area contributed by atoms with Crippen molar-refractivity contribution in [3.63, 3.8) is 0 Å². The van der Waals surface area contributed by atoms with Gasteiger partial charge in [0, 0.05) is 18.7 Å². The van der Waals surface area contributed by atoms with Crippen LogP contribution < -0.4 is 9.47 Å². The van der Waals surface area contributed by atoms with Crippen molar-refractivity contribution in [3.05, 3.63) is 34.9 Å². The number of piperidine rings is 1. The van der Waals surface area contributed by atoms with Crippen LogP contribution in [0.2, 0.25) is 0 Å². The lowest BCUT2D eigenvalue weighted by Gasteiger charge is -2.59. The highest BCUT2D eigenvalue weighted by molar-refractivity contribution is 5.67. The zero-order chi connectivity index (χ0) is 19.0.